The number of esters is 1. The van der Waals surface area contributed by atoms with Gasteiger partial charge in [0, 0.05) is 17.5 Å². The van der Waals surface area contributed by atoms with Crippen LogP contribution in [0.15, 0.2) is 51.7 Å². The first kappa shape index (κ1) is 21.1. The van der Waals surface area contributed by atoms with Crippen LogP contribution < -0.4 is 20.4 Å². The van der Waals surface area contributed by atoms with Crippen LogP contribution in [-0.2, 0) is 4.79 Å². The first-order chi connectivity index (χ1) is 14.2. The Hall–Kier alpha value is -3.61. The molecule has 0 aliphatic carbocycles. The number of fused-ring (bicyclic) bond motifs is 1. The van der Waals surface area contributed by atoms with E-state index in [1.807, 2.05) is 26.0 Å². The highest BCUT2D eigenvalue weighted by atomic mass is 16.6. The van der Waals surface area contributed by atoms with Crippen LogP contribution in [0.4, 0.5) is 0 Å². The minimum absolute atomic E-state index is 0.0807. The van der Waals surface area contributed by atoms with Crippen LogP contribution in [0.25, 0.3) is 11.0 Å². The van der Waals surface area contributed by atoms with Crippen molar-refractivity contribution in [2.24, 2.45) is 0 Å². The van der Waals surface area contributed by atoms with Gasteiger partial charge in [0.15, 0.2) is 6.61 Å². The average molecular weight is 409 g/mol. The SMILES string of the molecule is Cc1cccc(OCC(=O)Oc2ccc3cc(C(=O)NC(C)C)c(=O)oc3c2)c1C. The summed E-state index contributed by atoms with van der Waals surface area (Å²) in [6, 6.07) is 11.5. The molecular formula is C23H23NO6. The number of hydrogen-bond acceptors (Lipinski definition) is 6. The summed E-state index contributed by atoms with van der Waals surface area (Å²) in [5.74, 6) is -0.270. The zero-order valence-electron chi connectivity index (χ0n) is 17.3. The molecule has 0 saturated heterocycles. The summed E-state index contributed by atoms with van der Waals surface area (Å²) < 4.78 is 16.1. The summed E-state index contributed by atoms with van der Waals surface area (Å²) in [4.78, 5) is 36.4. The second-order valence-electron chi connectivity index (χ2n) is 7.24. The van der Waals surface area contributed by atoms with Crippen LogP contribution in [0.5, 0.6) is 11.5 Å². The standard InChI is InChI=1S/C23H23NO6/c1-13(2)24-22(26)18-10-16-8-9-17(11-20(16)30-23(18)27)29-21(25)12-28-19-7-5-6-14(3)15(19)4/h5-11,13H,12H2,1-4H3,(H,24,26). The van der Waals surface area contributed by atoms with Crippen LogP contribution in [0.2, 0.25) is 0 Å². The van der Waals surface area contributed by atoms with Crippen LogP contribution >= 0.6 is 0 Å². The molecular weight excluding hydrogens is 386 g/mol. The lowest BCUT2D eigenvalue weighted by molar-refractivity contribution is -0.136. The lowest BCUT2D eigenvalue weighted by Gasteiger charge is -2.11. The number of amides is 1. The number of rotatable bonds is 6. The Morgan fingerprint density at radius 3 is 2.60 bits per heavy atom. The predicted octanol–water partition coefficient (Wildman–Crippen LogP) is 3.53. The molecule has 0 aliphatic heterocycles. The third kappa shape index (κ3) is 4.86. The number of ether oxygens (including phenoxy) is 2. The Morgan fingerprint density at radius 2 is 1.87 bits per heavy atom. The van der Waals surface area contributed by atoms with E-state index in [2.05, 4.69) is 5.32 Å². The molecule has 7 heteroatoms. The molecule has 0 spiro atoms. The number of carbonyl (C=O) groups excluding carboxylic acids is 2. The fourth-order valence-corrected chi connectivity index (χ4v) is 2.83. The monoisotopic (exact) mass is 409 g/mol. The van der Waals surface area contributed by atoms with Crippen molar-refractivity contribution in [3.05, 3.63) is 69.6 Å². The Labute approximate surface area is 173 Å². The Balaban J connectivity index is 1.72. The molecule has 0 aliphatic rings. The Bertz CT molecular complexity index is 1160. The fraction of sp³-hybridized carbons (Fsp3) is 0.261. The first-order valence-electron chi connectivity index (χ1n) is 9.53. The second-order valence-corrected chi connectivity index (χ2v) is 7.24. The van der Waals surface area contributed by atoms with Gasteiger partial charge in [0.2, 0.25) is 0 Å². The highest BCUT2D eigenvalue weighted by molar-refractivity contribution is 5.96. The van der Waals surface area contributed by atoms with Crippen LogP contribution in [0.3, 0.4) is 0 Å². The molecule has 1 N–H and O–H groups in total. The highest BCUT2D eigenvalue weighted by Gasteiger charge is 2.15. The molecule has 7 nitrogen and oxygen atoms in total. The van der Waals surface area contributed by atoms with Crippen LogP contribution in [-0.4, -0.2) is 24.5 Å². The van der Waals surface area contributed by atoms with Gasteiger partial charge in [-0.15, -0.1) is 0 Å². The summed E-state index contributed by atoms with van der Waals surface area (Å²) in [5, 5.41) is 3.19. The van der Waals surface area contributed by atoms with Crippen molar-refractivity contribution in [2.45, 2.75) is 33.7 Å². The third-order valence-electron chi connectivity index (χ3n) is 4.50. The maximum atomic E-state index is 12.2. The zero-order valence-corrected chi connectivity index (χ0v) is 17.3. The van der Waals surface area contributed by atoms with E-state index in [0.717, 1.165) is 11.1 Å². The largest absolute Gasteiger partial charge is 0.482 e. The number of carbonyl (C=O) groups is 2. The van der Waals surface area contributed by atoms with Crippen LogP contribution in [0, 0.1) is 13.8 Å². The molecule has 0 fully saturated rings. The van der Waals surface area contributed by atoms with E-state index in [1.165, 1.54) is 12.1 Å². The van der Waals surface area contributed by atoms with Gasteiger partial charge in [-0.05, 0) is 63.1 Å². The molecule has 0 bridgehead atoms. The Morgan fingerprint density at radius 1 is 1.10 bits per heavy atom. The van der Waals surface area contributed by atoms with Gasteiger partial charge in [-0.3, -0.25) is 4.79 Å². The van der Waals surface area contributed by atoms with Crippen molar-refractivity contribution in [1.82, 2.24) is 5.32 Å². The first-order valence-corrected chi connectivity index (χ1v) is 9.53. The predicted molar refractivity (Wildman–Crippen MR) is 112 cm³/mol. The van der Waals surface area contributed by atoms with E-state index in [0.29, 0.717) is 11.1 Å². The van der Waals surface area contributed by atoms with Gasteiger partial charge < -0.3 is 19.2 Å². The van der Waals surface area contributed by atoms with Crippen molar-refractivity contribution in [2.75, 3.05) is 6.61 Å². The van der Waals surface area contributed by atoms with E-state index in [4.69, 9.17) is 13.9 Å². The number of aryl methyl sites for hydroxylation is 1. The molecule has 3 rings (SSSR count). The Kier molecular flexibility index (Phi) is 6.20. The topological polar surface area (TPSA) is 94.8 Å². The van der Waals surface area contributed by atoms with Gasteiger partial charge in [-0.25, -0.2) is 9.59 Å². The van der Waals surface area contributed by atoms with Gasteiger partial charge in [-0.1, -0.05) is 12.1 Å². The number of hydrogen-bond donors (Lipinski definition) is 1. The molecule has 1 amide bonds. The van der Waals surface area contributed by atoms with E-state index in [9.17, 15) is 14.4 Å². The molecule has 0 radical (unpaired) electrons. The summed E-state index contributed by atoms with van der Waals surface area (Å²) >= 11 is 0. The number of benzene rings is 2. The van der Waals surface area contributed by atoms with Crippen molar-refractivity contribution < 1.29 is 23.5 Å². The van der Waals surface area contributed by atoms with E-state index >= 15 is 0 Å². The minimum atomic E-state index is -0.762. The third-order valence-corrected chi connectivity index (χ3v) is 4.50. The highest BCUT2D eigenvalue weighted by Crippen LogP contribution is 2.22. The number of nitrogens with one attached hydrogen (secondary N) is 1. The summed E-state index contributed by atoms with van der Waals surface area (Å²) in [6.07, 6.45) is 0. The van der Waals surface area contributed by atoms with Crippen molar-refractivity contribution in [3.63, 3.8) is 0 Å². The molecule has 156 valence electrons. The van der Waals surface area contributed by atoms with Crippen molar-refractivity contribution in [3.8, 4) is 11.5 Å². The quantitative estimate of drug-likeness (QED) is 0.380. The van der Waals surface area contributed by atoms with Gasteiger partial charge in [0.05, 0.1) is 0 Å². The lowest BCUT2D eigenvalue weighted by atomic mass is 10.1. The van der Waals surface area contributed by atoms with Crippen molar-refractivity contribution in [1.29, 1.82) is 0 Å². The molecule has 0 unspecified atom stereocenters. The maximum absolute atomic E-state index is 12.2. The average Bonchev–Trinajstić information content (AvgIpc) is 2.68. The van der Waals surface area contributed by atoms with Crippen LogP contribution in [0.1, 0.15) is 35.3 Å². The fourth-order valence-electron chi connectivity index (χ4n) is 2.83. The maximum Gasteiger partial charge on any atom is 0.349 e. The molecule has 1 heterocycles. The summed E-state index contributed by atoms with van der Waals surface area (Å²) in [5.41, 5.74) is 1.38. The smallest absolute Gasteiger partial charge is 0.349 e. The molecule has 0 saturated carbocycles. The van der Waals surface area contributed by atoms with E-state index < -0.39 is 17.5 Å². The molecule has 3 aromatic rings. The zero-order chi connectivity index (χ0) is 21.8. The van der Waals surface area contributed by atoms with Gasteiger partial charge >= 0.3 is 11.6 Å². The van der Waals surface area contributed by atoms with E-state index in [1.54, 1.807) is 32.0 Å². The molecule has 0 atom stereocenters. The van der Waals surface area contributed by atoms with E-state index in [-0.39, 0.29) is 29.5 Å². The van der Waals surface area contributed by atoms with Gasteiger partial charge in [0.25, 0.3) is 5.91 Å². The van der Waals surface area contributed by atoms with Gasteiger partial charge in [-0.2, -0.15) is 0 Å². The summed E-state index contributed by atoms with van der Waals surface area (Å²) in [7, 11) is 0. The molecule has 30 heavy (non-hydrogen) atoms. The molecule has 1 aromatic heterocycles. The summed E-state index contributed by atoms with van der Waals surface area (Å²) in [6.45, 7) is 7.20. The normalized spacial score (nSPS) is 10.8. The molecule has 2 aromatic carbocycles. The van der Waals surface area contributed by atoms with Gasteiger partial charge in [0.1, 0.15) is 22.6 Å². The second kappa shape index (κ2) is 8.82. The van der Waals surface area contributed by atoms with Crippen molar-refractivity contribution >= 4 is 22.8 Å². The lowest BCUT2D eigenvalue weighted by Crippen LogP contribution is -2.33. The minimum Gasteiger partial charge on any atom is -0.482 e.